The molecule has 156 valence electrons. The lowest BCUT2D eigenvalue weighted by atomic mass is 10.1. The summed E-state index contributed by atoms with van der Waals surface area (Å²) in [5.41, 5.74) is 0.701. The maximum absolute atomic E-state index is 13.0. The molecule has 0 heterocycles. The topological polar surface area (TPSA) is 58.6 Å². The van der Waals surface area contributed by atoms with Crippen molar-refractivity contribution in [2.24, 2.45) is 0 Å². The summed E-state index contributed by atoms with van der Waals surface area (Å²) in [7, 11) is 0. The fourth-order valence-corrected chi connectivity index (χ4v) is 3.09. The van der Waals surface area contributed by atoms with Gasteiger partial charge in [0.1, 0.15) is 11.8 Å². The second-order valence-corrected chi connectivity index (χ2v) is 7.70. The number of carbonyl (C=O) groups is 2. The molecule has 0 saturated carbocycles. The number of hydrogen-bond donors (Lipinski definition) is 1. The van der Waals surface area contributed by atoms with Crippen LogP contribution in [0.5, 0.6) is 5.75 Å². The van der Waals surface area contributed by atoms with E-state index in [0.29, 0.717) is 21.4 Å². The number of benzene rings is 2. The van der Waals surface area contributed by atoms with Gasteiger partial charge in [0, 0.05) is 22.6 Å². The van der Waals surface area contributed by atoms with Crippen LogP contribution < -0.4 is 10.1 Å². The summed E-state index contributed by atoms with van der Waals surface area (Å²) in [6.45, 7) is 5.59. The fraction of sp³-hybridized carbons (Fsp3) is 0.364. The van der Waals surface area contributed by atoms with Crippen LogP contribution in [0.1, 0.15) is 32.8 Å². The smallest absolute Gasteiger partial charge is 0.261 e. The maximum atomic E-state index is 13.0. The van der Waals surface area contributed by atoms with E-state index >= 15 is 0 Å². The van der Waals surface area contributed by atoms with Gasteiger partial charge >= 0.3 is 0 Å². The van der Waals surface area contributed by atoms with E-state index in [1.54, 1.807) is 37.3 Å². The van der Waals surface area contributed by atoms with Gasteiger partial charge in [0.2, 0.25) is 5.91 Å². The predicted molar refractivity (Wildman–Crippen MR) is 116 cm³/mol. The molecular weight excluding hydrogens is 411 g/mol. The molecule has 0 aliphatic heterocycles. The van der Waals surface area contributed by atoms with Crippen molar-refractivity contribution in [3.05, 3.63) is 64.1 Å². The number of halogens is 2. The highest BCUT2D eigenvalue weighted by Crippen LogP contribution is 2.23. The molecule has 0 aliphatic carbocycles. The van der Waals surface area contributed by atoms with E-state index in [1.807, 2.05) is 32.0 Å². The first kappa shape index (κ1) is 23.0. The molecule has 2 aromatic carbocycles. The summed E-state index contributed by atoms with van der Waals surface area (Å²) in [6, 6.07) is 13.5. The van der Waals surface area contributed by atoms with Crippen LogP contribution in [0.4, 0.5) is 0 Å². The molecule has 29 heavy (non-hydrogen) atoms. The number of nitrogens with zero attached hydrogens (tertiary/aromatic N) is 1. The molecule has 0 spiro atoms. The first-order valence-electron chi connectivity index (χ1n) is 9.53. The van der Waals surface area contributed by atoms with Crippen LogP contribution in [-0.4, -0.2) is 35.4 Å². The molecular formula is C22H26Cl2N2O3. The summed E-state index contributed by atoms with van der Waals surface area (Å²) in [4.78, 5) is 27.1. The number of amides is 2. The highest BCUT2D eigenvalue weighted by atomic mass is 35.5. The zero-order valence-electron chi connectivity index (χ0n) is 16.8. The van der Waals surface area contributed by atoms with Gasteiger partial charge in [0.15, 0.2) is 6.61 Å². The Morgan fingerprint density at radius 2 is 1.79 bits per heavy atom. The Balaban J connectivity index is 2.18. The van der Waals surface area contributed by atoms with Crippen molar-refractivity contribution in [2.75, 3.05) is 6.61 Å². The second kappa shape index (κ2) is 11.1. The van der Waals surface area contributed by atoms with Gasteiger partial charge in [-0.2, -0.15) is 0 Å². The molecule has 0 saturated heterocycles. The van der Waals surface area contributed by atoms with Crippen molar-refractivity contribution >= 4 is 35.0 Å². The minimum atomic E-state index is -0.692. The zero-order valence-corrected chi connectivity index (χ0v) is 18.3. The highest BCUT2D eigenvalue weighted by Gasteiger charge is 2.27. The van der Waals surface area contributed by atoms with Crippen molar-refractivity contribution in [2.45, 2.75) is 45.8 Å². The zero-order chi connectivity index (χ0) is 21.4. The van der Waals surface area contributed by atoms with E-state index in [0.717, 1.165) is 6.42 Å². The average molecular weight is 437 g/mol. The monoisotopic (exact) mass is 436 g/mol. The van der Waals surface area contributed by atoms with Gasteiger partial charge < -0.3 is 15.0 Å². The molecule has 5 nitrogen and oxygen atoms in total. The lowest BCUT2D eigenvalue weighted by Crippen LogP contribution is -2.50. The molecule has 0 aliphatic rings. The Bertz CT molecular complexity index is 830. The van der Waals surface area contributed by atoms with Crippen LogP contribution in [-0.2, 0) is 16.1 Å². The fourth-order valence-electron chi connectivity index (χ4n) is 2.63. The first-order valence-corrected chi connectivity index (χ1v) is 10.3. The summed E-state index contributed by atoms with van der Waals surface area (Å²) in [5, 5.41) is 3.87. The van der Waals surface area contributed by atoms with Crippen LogP contribution in [0.25, 0.3) is 0 Å². The third kappa shape index (κ3) is 6.94. The summed E-state index contributed by atoms with van der Waals surface area (Å²) in [6.07, 6.45) is 0.798. The summed E-state index contributed by atoms with van der Waals surface area (Å²) < 4.78 is 5.59. The van der Waals surface area contributed by atoms with E-state index in [2.05, 4.69) is 5.32 Å². The van der Waals surface area contributed by atoms with Crippen molar-refractivity contribution in [3.8, 4) is 5.75 Å². The normalized spacial score (nSPS) is 12.7. The molecule has 0 radical (unpaired) electrons. The minimum Gasteiger partial charge on any atom is -0.484 e. The van der Waals surface area contributed by atoms with Gasteiger partial charge in [-0.15, -0.1) is 0 Å². The van der Waals surface area contributed by atoms with Crippen molar-refractivity contribution in [1.82, 2.24) is 10.2 Å². The van der Waals surface area contributed by atoms with Gasteiger partial charge in [-0.1, -0.05) is 54.4 Å². The molecule has 2 amide bonds. The molecule has 0 unspecified atom stereocenters. The van der Waals surface area contributed by atoms with E-state index in [1.165, 1.54) is 4.90 Å². The van der Waals surface area contributed by atoms with Gasteiger partial charge in [-0.05, 0) is 50.1 Å². The molecule has 7 heteroatoms. The number of hydrogen-bond acceptors (Lipinski definition) is 3. The molecule has 1 N–H and O–H groups in total. The molecule has 0 bridgehead atoms. The third-order valence-electron chi connectivity index (χ3n) is 4.63. The average Bonchev–Trinajstić information content (AvgIpc) is 2.71. The van der Waals surface area contributed by atoms with Gasteiger partial charge in [0.05, 0.1) is 0 Å². The Labute approximate surface area is 181 Å². The molecule has 0 fully saturated rings. The van der Waals surface area contributed by atoms with Crippen LogP contribution >= 0.6 is 23.2 Å². The quantitative estimate of drug-likeness (QED) is 0.619. The Hall–Kier alpha value is -2.24. The second-order valence-electron chi connectivity index (χ2n) is 6.85. The summed E-state index contributed by atoms with van der Waals surface area (Å²) >= 11 is 12.3. The van der Waals surface area contributed by atoms with Crippen LogP contribution in [0.15, 0.2) is 48.5 Å². The molecule has 2 aromatic rings. The summed E-state index contributed by atoms with van der Waals surface area (Å²) in [5.74, 6) is 0.0474. The van der Waals surface area contributed by atoms with E-state index in [4.69, 9.17) is 27.9 Å². The predicted octanol–water partition coefficient (Wildman–Crippen LogP) is 4.70. The van der Waals surface area contributed by atoms with E-state index in [9.17, 15) is 9.59 Å². The SMILES string of the molecule is CC[C@@H](C)NC(=O)[C@@H](C)N(Cc1ccc(Cl)cc1Cl)C(=O)COc1ccccc1. The number of nitrogens with one attached hydrogen (secondary N) is 1. The lowest BCUT2D eigenvalue weighted by molar-refractivity contribution is -0.142. The standard InChI is InChI=1S/C22H26Cl2N2O3/c1-4-15(2)25-22(28)16(3)26(13-17-10-11-18(23)12-20(17)24)21(27)14-29-19-8-6-5-7-9-19/h5-12,15-16H,4,13-14H2,1-3H3,(H,25,28)/t15-,16-/m1/s1. The van der Waals surface area contributed by atoms with Crippen molar-refractivity contribution in [3.63, 3.8) is 0 Å². The number of carbonyl (C=O) groups excluding carboxylic acids is 2. The van der Waals surface area contributed by atoms with Crippen LogP contribution in [0, 0.1) is 0 Å². The van der Waals surface area contributed by atoms with E-state index < -0.39 is 6.04 Å². The Morgan fingerprint density at radius 3 is 2.41 bits per heavy atom. The maximum Gasteiger partial charge on any atom is 0.261 e. The largest absolute Gasteiger partial charge is 0.484 e. The first-order chi connectivity index (χ1) is 13.8. The van der Waals surface area contributed by atoms with Gasteiger partial charge in [0.25, 0.3) is 5.91 Å². The molecule has 2 rings (SSSR count). The van der Waals surface area contributed by atoms with Gasteiger partial charge in [-0.25, -0.2) is 0 Å². The number of para-hydroxylation sites is 1. The van der Waals surface area contributed by atoms with Gasteiger partial charge in [-0.3, -0.25) is 9.59 Å². The molecule has 0 aromatic heterocycles. The third-order valence-corrected chi connectivity index (χ3v) is 5.22. The van der Waals surface area contributed by atoms with Crippen LogP contribution in [0.3, 0.4) is 0 Å². The lowest BCUT2D eigenvalue weighted by Gasteiger charge is -2.30. The van der Waals surface area contributed by atoms with Crippen LogP contribution in [0.2, 0.25) is 10.0 Å². The van der Waals surface area contributed by atoms with Crippen molar-refractivity contribution in [1.29, 1.82) is 0 Å². The molecule has 2 atom stereocenters. The Kier molecular flexibility index (Phi) is 8.80. The number of ether oxygens (including phenoxy) is 1. The Morgan fingerprint density at radius 1 is 1.10 bits per heavy atom. The minimum absolute atomic E-state index is 0.0154. The van der Waals surface area contributed by atoms with E-state index in [-0.39, 0.29) is 31.0 Å². The number of rotatable bonds is 9. The highest BCUT2D eigenvalue weighted by molar-refractivity contribution is 6.35. The van der Waals surface area contributed by atoms with Crippen molar-refractivity contribution < 1.29 is 14.3 Å².